The fourth-order valence-electron chi connectivity index (χ4n) is 4.28. The van der Waals surface area contributed by atoms with Crippen LogP contribution in [0.5, 0.6) is 0 Å². The number of nitrogens with zero attached hydrogens (tertiary/aromatic N) is 6. The molecule has 1 aliphatic carbocycles. The Kier molecular flexibility index (Phi) is 5.70. The summed E-state index contributed by atoms with van der Waals surface area (Å²) in [5, 5.41) is 12.7. The van der Waals surface area contributed by atoms with Crippen LogP contribution in [0.25, 0.3) is 0 Å². The van der Waals surface area contributed by atoms with Crippen molar-refractivity contribution in [3.8, 4) is 0 Å². The molecule has 3 fully saturated rings. The SMILES string of the molecule is O=C(CSc1nnnn1C1CCCC1)N1CCN([C@H]2CCS(=O)(=O)C2)CC1. The zero-order valence-corrected chi connectivity index (χ0v) is 17.0. The standard InChI is InChI=1S/C16H26N6O3S2/c23-15(11-26-16-17-18-19-22(16)13-3-1-2-4-13)21-8-6-20(7-9-21)14-5-10-27(24,25)12-14/h13-14H,1-12H2/t14-/m0/s1. The van der Waals surface area contributed by atoms with Gasteiger partial charge < -0.3 is 4.90 Å². The number of tetrazole rings is 1. The van der Waals surface area contributed by atoms with E-state index < -0.39 is 9.84 Å². The fraction of sp³-hybridized carbons (Fsp3) is 0.875. The van der Waals surface area contributed by atoms with Crippen molar-refractivity contribution in [3.63, 3.8) is 0 Å². The van der Waals surface area contributed by atoms with Crippen LogP contribution in [-0.2, 0) is 14.6 Å². The van der Waals surface area contributed by atoms with Gasteiger partial charge in [-0.05, 0) is 29.7 Å². The van der Waals surface area contributed by atoms with Gasteiger partial charge >= 0.3 is 0 Å². The van der Waals surface area contributed by atoms with Gasteiger partial charge in [0.15, 0.2) is 9.84 Å². The predicted octanol–water partition coefficient (Wildman–Crippen LogP) is 0.212. The number of carbonyl (C=O) groups excluding carboxylic acids is 1. The monoisotopic (exact) mass is 414 g/mol. The zero-order chi connectivity index (χ0) is 18.9. The number of rotatable bonds is 5. The molecule has 1 atom stereocenters. The third-order valence-corrected chi connectivity index (χ3v) is 8.52. The normalized spacial score (nSPS) is 26.7. The van der Waals surface area contributed by atoms with Crippen LogP contribution in [-0.4, -0.2) is 93.8 Å². The second-order valence-corrected chi connectivity index (χ2v) is 10.8. The Morgan fingerprint density at radius 3 is 2.48 bits per heavy atom. The molecule has 1 amide bonds. The number of hydrogen-bond acceptors (Lipinski definition) is 8. The Labute approximate surface area is 163 Å². The minimum Gasteiger partial charge on any atom is -0.339 e. The molecule has 0 N–H and O–H groups in total. The molecule has 3 heterocycles. The number of hydrogen-bond donors (Lipinski definition) is 0. The summed E-state index contributed by atoms with van der Waals surface area (Å²) < 4.78 is 25.2. The Hall–Kier alpha value is -1.20. The molecule has 0 unspecified atom stereocenters. The highest BCUT2D eigenvalue weighted by molar-refractivity contribution is 7.99. The molecule has 1 aromatic rings. The van der Waals surface area contributed by atoms with Crippen LogP contribution >= 0.6 is 11.8 Å². The van der Waals surface area contributed by atoms with E-state index in [0.29, 0.717) is 30.6 Å². The summed E-state index contributed by atoms with van der Waals surface area (Å²) in [7, 11) is -2.87. The van der Waals surface area contributed by atoms with Gasteiger partial charge in [0, 0.05) is 32.2 Å². The maximum absolute atomic E-state index is 12.6. The highest BCUT2D eigenvalue weighted by Crippen LogP contribution is 2.31. The Bertz CT molecular complexity index is 769. The number of aromatic nitrogens is 4. The lowest BCUT2D eigenvalue weighted by Gasteiger charge is -2.37. The minimum atomic E-state index is -2.87. The first-order valence-corrected chi connectivity index (χ1v) is 12.5. The molecular formula is C16H26N6O3S2. The van der Waals surface area contributed by atoms with Gasteiger partial charge in [-0.2, -0.15) is 0 Å². The lowest BCUT2D eigenvalue weighted by atomic mass is 10.2. The van der Waals surface area contributed by atoms with Crippen molar-refractivity contribution in [3.05, 3.63) is 0 Å². The highest BCUT2D eigenvalue weighted by atomic mass is 32.2. The van der Waals surface area contributed by atoms with Gasteiger partial charge in [-0.1, -0.05) is 24.6 Å². The average Bonchev–Trinajstić information content (AvgIpc) is 3.40. The number of thioether (sulfide) groups is 1. The number of carbonyl (C=O) groups is 1. The third kappa shape index (κ3) is 4.45. The van der Waals surface area contributed by atoms with Crippen molar-refractivity contribution in [2.75, 3.05) is 43.4 Å². The molecule has 0 radical (unpaired) electrons. The summed E-state index contributed by atoms with van der Waals surface area (Å²) in [6.07, 6.45) is 5.34. The summed E-state index contributed by atoms with van der Waals surface area (Å²) in [6, 6.07) is 0.488. The molecule has 150 valence electrons. The van der Waals surface area contributed by atoms with Crippen LogP contribution in [0.2, 0.25) is 0 Å². The number of sulfone groups is 1. The summed E-state index contributed by atoms with van der Waals surface area (Å²) >= 11 is 1.41. The van der Waals surface area contributed by atoms with Crippen molar-refractivity contribution in [2.24, 2.45) is 0 Å². The summed E-state index contributed by atoms with van der Waals surface area (Å²) in [5.41, 5.74) is 0. The van der Waals surface area contributed by atoms with Crippen molar-refractivity contribution in [1.82, 2.24) is 30.0 Å². The van der Waals surface area contributed by atoms with Crippen molar-refractivity contribution < 1.29 is 13.2 Å². The molecule has 0 bridgehead atoms. The van der Waals surface area contributed by atoms with Crippen molar-refractivity contribution >= 4 is 27.5 Å². The molecule has 1 saturated carbocycles. The summed E-state index contributed by atoms with van der Waals surface area (Å²) in [6.45, 7) is 2.81. The molecule has 2 aliphatic heterocycles. The highest BCUT2D eigenvalue weighted by Gasteiger charge is 2.34. The van der Waals surface area contributed by atoms with Crippen LogP contribution in [0.4, 0.5) is 0 Å². The molecule has 9 nitrogen and oxygen atoms in total. The predicted molar refractivity (Wildman–Crippen MR) is 101 cm³/mol. The Morgan fingerprint density at radius 2 is 1.81 bits per heavy atom. The average molecular weight is 415 g/mol. The molecule has 0 aromatic carbocycles. The largest absolute Gasteiger partial charge is 0.339 e. The second-order valence-electron chi connectivity index (χ2n) is 7.61. The first-order valence-electron chi connectivity index (χ1n) is 9.65. The molecule has 4 rings (SSSR count). The number of piperazine rings is 1. The lowest BCUT2D eigenvalue weighted by Crippen LogP contribution is -2.52. The molecule has 11 heteroatoms. The van der Waals surface area contributed by atoms with E-state index in [0.717, 1.165) is 37.5 Å². The quantitative estimate of drug-likeness (QED) is 0.630. The molecular weight excluding hydrogens is 388 g/mol. The summed E-state index contributed by atoms with van der Waals surface area (Å²) in [5.74, 6) is 0.994. The van der Waals surface area contributed by atoms with E-state index >= 15 is 0 Å². The van der Waals surface area contributed by atoms with Crippen LogP contribution < -0.4 is 0 Å². The maximum Gasteiger partial charge on any atom is 0.233 e. The van der Waals surface area contributed by atoms with E-state index in [-0.39, 0.29) is 17.7 Å². The first kappa shape index (κ1) is 19.1. The zero-order valence-electron chi connectivity index (χ0n) is 15.4. The molecule has 27 heavy (non-hydrogen) atoms. The molecule has 0 spiro atoms. The van der Waals surface area contributed by atoms with Crippen LogP contribution in [0.1, 0.15) is 38.1 Å². The third-order valence-electron chi connectivity index (χ3n) is 5.85. The van der Waals surface area contributed by atoms with Crippen LogP contribution in [0.15, 0.2) is 5.16 Å². The van der Waals surface area contributed by atoms with E-state index in [2.05, 4.69) is 20.4 Å². The van der Waals surface area contributed by atoms with Gasteiger partial charge in [-0.3, -0.25) is 9.69 Å². The van der Waals surface area contributed by atoms with E-state index in [1.54, 1.807) is 0 Å². The van der Waals surface area contributed by atoms with Gasteiger partial charge in [0.05, 0.1) is 23.3 Å². The van der Waals surface area contributed by atoms with Crippen molar-refractivity contribution in [2.45, 2.75) is 49.3 Å². The van der Waals surface area contributed by atoms with Gasteiger partial charge in [-0.25, -0.2) is 13.1 Å². The summed E-state index contributed by atoms with van der Waals surface area (Å²) in [4.78, 5) is 16.7. The van der Waals surface area contributed by atoms with E-state index in [4.69, 9.17) is 0 Å². The molecule has 2 saturated heterocycles. The van der Waals surface area contributed by atoms with Crippen LogP contribution in [0.3, 0.4) is 0 Å². The van der Waals surface area contributed by atoms with E-state index in [1.165, 1.54) is 24.6 Å². The second kappa shape index (κ2) is 8.04. The van der Waals surface area contributed by atoms with E-state index in [1.807, 2.05) is 9.58 Å². The van der Waals surface area contributed by atoms with Crippen molar-refractivity contribution in [1.29, 1.82) is 0 Å². The Balaban J connectivity index is 1.25. The topological polar surface area (TPSA) is 101 Å². The number of amides is 1. The van der Waals surface area contributed by atoms with Gasteiger partial charge in [0.2, 0.25) is 11.1 Å². The maximum atomic E-state index is 12.6. The smallest absolute Gasteiger partial charge is 0.233 e. The minimum absolute atomic E-state index is 0.0969. The van der Waals surface area contributed by atoms with Gasteiger partial charge in [0.1, 0.15) is 0 Å². The van der Waals surface area contributed by atoms with Crippen LogP contribution in [0, 0.1) is 0 Å². The first-order chi connectivity index (χ1) is 13.0. The lowest BCUT2D eigenvalue weighted by molar-refractivity contribution is -0.130. The van der Waals surface area contributed by atoms with E-state index in [9.17, 15) is 13.2 Å². The van der Waals surface area contributed by atoms with Gasteiger partial charge in [0.25, 0.3) is 0 Å². The molecule has 1 aromatic heterocycles. The molecule has 3 aliphatic rings. The fourth-order valence-corrected chi connectivity index (χ4v) is 6.88. The Morgan fingerprint density at radius 1 is 1.07 bits per heavy atom. The van der Waals surface area contributed by atoms with Gasteiger partial charge in [-0.15, -0.1) is 5.10 Å².